The van der Waals surface area contributed by atoms with Crippen molar-refractivity contribution in [2.45, 2.75) is 32.9 Å². The molecule has 3 aromatic rings. The number of fused-ring (bicyclic) bond motifs is 2. The van der Waals surface area contributed by atoms with E-state index in [0.29, 0.717) is 5.02 Å². The summed E-state index contributed by atoms with van der Waals surface area (Å²) in [5.74, 6) is -0.505. The van der Waals surface area contributed by atoms with Gasteiger partial charge in [0.1, 0.15) is 6.33 Å². The summed E-state index contributed by atoms with van der Waals surface area (Å²) >= 11 is 6.37. The Balaban J connectivity index is 1.37. The highest BCUT2D eigenvalue weighted by Gasteiger charge is 2.72. The summed E-state index contributed by atoms with van der Waals surface area (Å²) in [6, 6.07) is 7.90. The highest BCUT2D eigenvalue weighted by molar-refractivity contribution is 6.31. The number of amides is 2. The summed E-state index contributed by atoms with van der Waals surface area (Å²) in [6.45, 7) is 5.87. The quantitative estimate of drug-likeness (QED) is 0.596. The molecule has 0 bridgehead atoms. The topological polar surface area (TPSA) is 96.8 Å². The van der Waals surface area contributed by atoms with E-state index in [1.54, 1.807) is 4.52 Å². The van der Waals surface area contributed by atoms with Gasteiger partial charge in [-0.3, -0.25) is 14.5 Å². The molecule has 1 aromatic carbocycles. The number of nitrogens with two attached hydrogens (primary N) is 1. The predicted octanol–water partition coefficient (Wildman–Crippen LogP) is 2.73. The minimum atomic E-state index is -0.212. The van der Waals surface area contributed by atoms with E-state index in [1.807, 2.05) is 44.3 Å². The zero-order chi connectivity index (χ0) is 23.1. The number of imide groups is 1. The zero-order valence-electron chi connectivity index (χ0n) is 18.5. The number of hydrogen-bond donors (Lipinski definition) is 1. The molecule has 3 atom stereocenters. The molecule has 2 N–H and O–H groups in total. The molecule has 170 valence electrons. The van der Waals surface area contributed by atoms with Crippen LogP contribution in [0.3, 0.4) is 0 Å². The van der Waals surface area contributed by atoms with Crippen LogP contribution in [0, 0.1) is 17.3 Å². The van der Waals surface area contributed by atoms with E-state index in [2.05, 4.69) is 15.0 Å². The van der Waals surface area contributed by atoms with Crippen molar-refractivity contribution >= 4 is 34.6 Å². The number of anilines is 1. The average molecular weight is 465 g/mol. The van der Waals surface area contributed by atoms with Crippen LogP contribution in [0.15, 0.2) is 36.8 Å². The van der Waals surface area contributed by atoms with E-state index in [9.17, 15) is 9.59 Å². The van der Waals surface area contributed by atoms with Crippen molar-refractivity contribution in [1.82, 2.24) is 19.5 Å². The van der Waals surface area contributed by atoms with Gasteiger partial charge in [0.05, 0.1) is 29.6 Å². The summed E-state index contributed by atoms with van der Waals surface area (Å²) in [5, 5.41) is 4.98. The fourth-order valence-electron chi connectivity index (χ4n) is 5.60. The number of carbonyl (C=O) groups excluding carboxylic acids is 2. The number of halogens is 1. The van der Waals surface area contributed by atoms with Gasteiger partial charge in [0, 0.05) is 41.6 Å². The zero-order valence-corrected chi connectivity index (χ0v) is 19.3. The molecular weight excluding hydrogens is 440 g/mol. The molecule has 3 aliphatic rings. The summed E-state index contributed by atoms with van der Waals surface area (Å²) in [6.07, 6.45) is 4.30. The lowest BCUT2D eigenvalue weighted by molar-refractivity contribution is -0.143. The van der Waals surface area contributed by atoms with Crippen molar-refractivity contribution in [3.8, 4) is 11.3 Å². The number of nitrogens with zero attached hydrogens (tertiary/aromatic N) is 5. The first-order valence-electron chi connectivity index (χ1n) is 11.2. The standard InChI is InChI=1S/C24H25ClN6O2/c1-24(2)19-20(24)23(33)30(22(19)32)9-13-7-18-21(27-12-28-31(18)10-13)16-8-14(25)3-4-17(16)29-6-5-15(26)11-29/h3-4,7-8,10,12,15,19-20H,5-6,9,11,26H2,1-2H3. The summed E-state index contributed by atoms with van der Waals surface area (Å²) in [5.41, 5.74) is 10.3. The molecule has 9 heteroatoms. The third kappa shape index (κ3) is 3.08. The molecule has 3 unspecified atom stereocenters. The van der Waals surface area contributed by atoms with E-state index in [-0.39, 0.29) is 41.7 Å². The molecule has 2 amide bonds. The minimum Gasteiger partial charge on any atom is -0.369 e. The van der Waals surface area contributed by atoms with Crippen LogP contribution in [-0.2, 0) is 16.1 Å². The van der Waals surface area contributed by atoms with Crippen molar-refractivity contribution in [3.05, 3.63) is 47.4 Å². The third-order valence-electron chi connectivity index (χ3n) is 7.47. The highest BCUT2D eigenvalue weighted by Crippen LogP contribution is 2.63. The number of likely N-dealkylation sites (tertiary alicyclic amines) is 1. The monoisotopic (exact) mass is 464 g/mol. The average Bonchev–Trinajstić information content (AvgIpc) is 3.16. The van der Waals surface area contributed by atoms with Gasteiger partial charge in [-0.25, -0.2) is 9.50 Å². The Labute approximate surface area is 196 Å². The molecule has 3 fully saturated rings. The molecule has 6 rings (SSSR count). The van der Waals surface area contributed by atoms with Crippen molar-refractivity contribution < 1.29 is 9.59 Å². The predicted molar refractivity (Wildman–Crippen MR) is 125 cm³/mol. The van der Waals surface area contributed by atoms with E-state index in [4.69, 9.17) is 17.3 Å². The summed E-state index contributed by atoms with van der Waals surface area (Å²) in [7, 11) is 0. The molecule has 1 aliphatic carbocycles. The second kappa shape index (κ2) is 7.01. The molecule has 33 heavy (non-hydrogen) atoms. The third-order valence-corrected chi connectivity index (χ3v) is 7.71. The Kier molecular flexibility index (Phi) is 4.38. The number of benzene rings is 1. The van der Waals surface area contributed by atoms with Crippen LogP contribution in [0.2, 0.25) is 5.02 Å². The van der Waals surface area contributed by atoms with Crippen LogP contribution < -0.4 is 10.6 Å². The van der Waals surface area contributed by atoms with Crippen LogP contribution >= 0.6 is 11.6 Å². The lowest BCUT2D eigenvalue weighted by Gasteiger charge is -2.22. The Hall–Kier alpha value is -2.97. The van der Waals surface area contributed by atoms with Gasteiger partial charge in [-0.2, -0.15) is 5.10 Å². The van der Waals surface area contributed by atoms with Crippen molar-refractivity contribution in [3.63, 3.8) is 0 Å². The number of piperidine rings is 1. The van der Waals surface area contributed by atoms with E-state index in [1.165, 1.54) is 11.2 Å². The Morgan fingerprint density at radius 3 is 2.64 bits per heavy atom. The summed E-state index contributed by atoms with van der Waals surface area (Å²) in [4.78, 5) is 33.8. The van der Waals surface area contributed by atoms with Crippen molar-refractivity contribution in [2.24, 2.45) is 23.0 Å². The molecule has 0 spiro atoms. The van der Waals surface area contributed by atoms with Gasteiger partial charge in [-0.1, -0.05) is 25.4 Å². The van der Waals surface area contributed by atoms with Gasteiger partial charge in [-0.15, -0.1) is 0 Å². The van der Waals surface area contributed by atoms with Crippen molar-refractivity contribution in [1.29, 1.82) is 0 Å². The molecule has 2 saturated heterocycles. The van der Waals surface area contributed by atoms with Gasteiger partial charge < -0.3 is 10.6 Å². The van der Waals surface area contributed by atoms with Gasteiger partial charge in [0.25, 0.3) is 0 Å². The molecule has 8 nitrogen and oxygen atoms in total. The molecule has 2 aliphatic heterocycles. The normalized spacial score (nSPS) is 25.9. The fraction of sp³-hybridized carbons (Fsp3) is 0.417. The largest absolute Gasteiger partial charge is 0.369 e. The Bertz CT molecular complexity index is 1290. The van der Waals surface area contributed by atoms with E-state index < -0.39 is 0 Å². The Morgan fingerprint density at radius 1 is 1.18 bits per heavy atom. The van der Waals surface area contributed by atoms with Gasteiger partial charge in [-0.05, 0) is 41.7 Å². The smallest absolute Gasteiger partial charge is 0.233 e. The van der Waals surface area contributed by atoms with Crippen LogP contribution in [0.25, 0.3) is 16.8 Å². The first-order valence-corrected chi connectivity index (χ1v) is 11.6. The molecule has 2 aromatic heterocycles. The first-order chi connectivity index (χ1) is 15.8. The highest BCUT2D eigenvalue weighted by atomic mass is 35.5. The number of carbonyl (C=O) groups is 2. The Morgan fingerprint density at radius 2 is 1.94 bits per heavy atom. The van der Waals surface area contributed by atoms with Gasteiger partial charge in [0.2, 0.25) is 11.8 Å². The molecular formula is C24H25ClN6O2. The van der Waals surface area contributed by atoms with Crippen LogP contribution in [-0.4, -0.2) is 50.4 Å². The lowest BCUT2D eigenvalue weighted by Crippen LogP contribution is -2.35. The molecule has 1 saturated carbocycles. The van der Waals surface area contributed by atoms with Gasteiger partial charge in [0.15, 0.2) is 0 Å². The van der Waals surface area contributed by atoms with Crippen LogP contribution in [0.4, 0.5) is 5.69 Å². The number of hydrogen-bond acceptors (Lipinski definition) is 6. The molecule has 4 heterocycles. The maximum Gasteiger partial charge on any atom is 0.233 e. The molecule has 0 radical (unpaired) electrons. The van der Waals surface area contributed by atoms with Crippen LogP contribution in [0.1, 0.15) is 25.8 Å². The fourth-order valence-corrected chi connectivity index (χ4v) is 5.77. The maximum absolute atomic E-state index is 12.8. The SMILES string of the molecule is CC1(C)C2C(=O)N(Cc3cc4c(-c5cc(Cl)ccc5N5CCC(N)C5)ncnn4c3)C(=O)C21. The number of aromatic nitrogens is 3. The maximum atomic E-state index is 12.8. The lowest BCUT2D eigenvalue weighted by atomic mass is 10.1. The van der Waals surface area contributed by atoms with Crippen LogP contribution in [0.5, 0.6) is 0 Å². The first kappa shape index (κ1) is 20.6. The van der Waals surface area contributed by atoms with Gasteiger partial charge >= 0.3 is 0 Å². The second-order valence-corrected chi connectivity index (χ2v) is 10.4. The minimum absolute atomic E-state index is 0.0703. The summed E-state index contributed by atoms with van der Waals surface area (Å²) < 4.78 is 1.74. The van der Waals surface area contributed by atoms with E-state index >= 15 is 0 Å². The van der Waals surface area contributed by atoms with Crippen molar-refractivity contribution in [2.75, 3.05) is 18.0 Å². The second-order valence-electron chi connectivity index (χ2n) is 9.98. The van der Waals surface area contributed by atoms with E-state index in [0.717, 1.165) is 47.5 Å². The number of rotatable bonds is 4.